The molecule has 1 aliphatic rings. The highest BCUT2D eigenvalue weighted by Gasteiger charge is 2.25. The van der Waals surface area contributed by atoms with Crippen molar-refractivity contribution < 1.29 is 9.32 Å². The number of nitrogens with one attached hydrogen (secondary N) is 1. The summed E-state index contributed by atoms with van der Waals surface area (Å²) in [5.41, 5.74) is 4.51. The summed E-state index contributed by atoms with van der Waals surface area (Å²) in [4.78, 5) is 18.8. The van der Waals surface area contributed by atoms with Gasteiger partial charge in [-0.1, -0.05) is 35.5 Å². The Labute approximate surface area is 170 Å². The van der Waals surface area contributed by atoms with Crippen LogP contribution in [0.1, 0.15) is 38.5 Å². The first kappa shape index (κ1) is 17.6. The number of nitriles is 1. The minimum Gasteiger partial charge on any atom is -0.335 e. The number of rotatable bonds is 3. The maximum Gasteiger partial charge on any atom is 0.259 e. The number of aromatic nitrogens is 2. The van der Waals surface area contributed by atoms with Crippen LogP contribution < -0.4 is 5.32 Å². The molecule has 1 amide bonds. The molecule has 3 heterocycles. The number of hydrogen-bond donors (Lipinski definition) is 1. The lowest BCUT2D eigenvalue weighted by Crippen LogP contribution is -2.13. The van der Waals surface area contributed by atoms with Crippen molar-refractivity contribution in [1.82, 2.24) is 10.1 Å². The Morgan fingerprint density at radius 1 is 1.28 bits per heavy atom. The number of hydrogen-bond acceptors (Lipinski definition) is 6. The Morgan fingerprint density at radius 2 is 2.10 bits per heavy atom. The Kier molecular flexibility index (Phi) is 4.14. The van der Waals surface area contributed by atoms with Crippen molar-refractivity contribution in [3.8, 4) is 17.3 Å². The summed E-state index contributed by atoms with van der Waals surface area (Å²) in [5.74, 6) is -0.294. The van der Waals surface area contributed by atoms with E-state index in [0.29, 0.717) is 38.6 Å². The average Bonchev–Trinajstić information content (AvgIpc) is 3.42. The first-order chi connectivity index (χ1) is 14.2. The molecular formula is C22H16N4O2S. The maximum absolute atomic E-state index is 13.2. The van der Waals surface area contributed by atoms with Crippen molar-refractivity contribution in [2.24, 2.45) is 0 Å². The van der Waals surface area contributed by atoms with E-state index in [4.69, 9.17) is 4.52 Å². The molecule has 5 rings (SSSR count). The molecule has 142 valence electrons. The van der Waals surface area contributed by atoms with Crippen LogP contribution in [0.2, 0.25) is 0 Å². The molecule has 1 aliphatic carbocycles. The van der Waals surface area contributed by atoms with Crippen molar-refractivity contribution in [1.29, 1.82) is 5.26 Å². The third-order valence-electron chi connectivity index (χ3n) is 5.13. The van der Waals surface area contributed by atoms with Crippen LogP contribution >= 0.6 is 11.3 Å². The SMILES string of the molecule is Cc1cc(C(=O)Nc2sc3c(c2C#N)CCC3)c2c(-c3ccccc3)noc2n1. The third kappa shape index (κ3) is 2.89. The molecule has 4 aromatic rings. The second-order valence-corrected chi connectivity index (χ2v) is 8.12. The van der Waals surface area contributed by atoms with Gasteiger partial charge in [0.25, 0.3) is 11.6 Å². The summed E-state index contributed by atoms with van der Waals surface area (Å²) < 4.78 is 5.43. The highest BCUT2D eigenvalue weighted by atomic mass is 32.1. The zero-order valence-corrected chi connectivity index (χ0v) is 16.5. The highest BCUT2D eigenvalue weighted by molar-refractivity contribution is 7.16. The lowest BCUT2D eigenvalue weighted by molar-refractivity contribution is 0.102. The number of benzene rings is 1. The van der Waals surface area contributed by atoms with Gasteiger partial charge < -0.3 is 9.84 Å². The molecule has 6 nitrogen and oxygen atoms in total. The van der Waals surface area contributed by atoms with Gasteiger partial charge >= 0.3 is 0 Å². The van der Waals surface area contributed by atoms with E-state index in [1.807, 2.05) is 30.3 Å². The first-order valence-corrected chi connectivity index (χ1v) is 10.2. The second-order valence-electron chi connectivity index (χ2n) is 7.02. The van der Waals surface area contributed by atoms with Crippen molar-refractivity contribution in [2.45, 2.75) is 26.2 Å². The number of nitrogens with zero attached hydrogens (tertiary/aromatic N) is 3. The normalized spacial score (nSPS) is 12.7. The standard InChI is InChI=1S/C22H16N4O2S/c1-12-10-15(18-19(26-28-21(18)24-12)13-6-3-2-4-7-13)20(27)25-22-16(11-23)14-8-5-9-17(14)29-22/h2-4,6-7,10H,5,8-9H2,1H3,(H,25,27). The van der Waals surface area contributed by atoms with Crippen molar-refractivity contribution >= 4 is 33.3 Å². The van der Waals surface area contributed by atoms with Crippen LogP contribution in [0.25, 0.3) is 22.4 Å². The zero-order chi connectivity index (χ0) is 20.0. The molecule has 1 aromatic carbocycles. The Balaban J connectivity index is 1.61. The molecule has 29 heavy (non-hydrogen) atoms. The van der Waals surface area contributed by atoms with Gasteiger partial charge in [0, 0.05) is 16.1 Å². The van der Waals surface area contributed by atoms with Crippen LogP contribution in [-0.2, 0) is 12.8 Å². The number of carbonyl (C=O) groups is 1. The second kappa shape index (κ2) is 6.83. The lowest BCUT2D eigenvalue weighted by Gasteiger charge is -2.07. The smallest absolute Gasteiger partial charge is 0.259 e. The van der Waals surface area contributed by atoms with Gasteiger partial charge in [0.05, 0.1) is 16.5 Å². The molecule has 0 radical (unpaired) electrons. The Bertz CT molecular complexity index is 1300. The van der Waals surface area contributed by atoms with Gasteiger partial charge in [-0.3, -0.25) is 4.79 Å². The molecule has 3 aromatic heterocycles. The summed E-state index contributed by atoms with van der Waals surface area (Å²) in [5, 5.41) is 17.9. The van der Waals surface area contributed by atoms with E-state index >= 15 is 0 Å². The summed E-state index contributed by atoms with van der Waals surface area (Å²) >= 11 is 1.50. The summed E-state index contributed by atoms with van der Waals surface area (Å²) in [6.07, 6.45) is 2.93. The van der Waals surface area contributed by atoms with E-state index < -0.39 is 0 Å². The van der Waals surface area contributed by atoms with Gasteiger partial charge in [0.2, 0.25) is 0 Å². The third-order valence-corrected chi connectivity index (χ3v) is 6.33. The largest absolute Gasteiger partial charge is 0.335 e. The highest BCUT2D eigenvalue weighted by Crippen LogP contribution is 2.39. The minimum atomic E-state index is -0.294. The molecule has 0 spiro atoms. The van der Waals surface area contributed by atoms with Crippen molar-refractivity contribution in [3.63, 3.8) is 0 Å². The number of fused-ring (bicyclic) bond motifs is 2. The van der Waals surface area contributed by atoms with Crippen LogP contribution in [0.15, 0.2) is 40.9 Å². The summed E-state index contributed by atoms with van der Waals surface area (Å²) in [6, 6.07) is 13.6. The molecule has 0 saturated heterocycles. The fourth-order valence-electron chi connectivity index (χ4n) is 3.83. The lowest BCUT2D eigenvalue weighted by atomic mass is 10.0. The molecule has 0 bridgehead atoms. The Morgan fingerprint density at radius 3 is 2.90 bits per heavy atom. The van der Waals surface area contributed by atoms with Crippen molar-refractivity contribution in [3.05, 3.63) is 63.7 Å². The van der Waals surface area contributed by atoms with Crippen LogP contribution in [0.3, 0.4) is 0 Å². The van der Waals surface area contributed by atoms with Crippen LogP contribution in [0.4, 0.5) is 5.00 Å². The Hall–Kier alpha value is -3.50. The fraction of sp³-hybridized carbons (Fsp3) is 0.182. The molecular weight excluding hydrogens is 384 g/mol. The van der Waals surface area contributed by atoms with Gasteiger partial charge in [-0.05, 0) is 37.8 Å². The minimum absolute atomic E-state index is 0.294. The predicted octanol–water partition coefficient (Wildman–Crippen LogP) is 4.87. The molecule has 0 aliphatic heterocycles. The molecule has 0 unspecified atom stereocenters. The first-order valence-electron chi connectivity index (χ1n) is 9.34. The van der Waals surface area contributed by atoms with Crippen LogP contribution in [0, 0.1) is 18.3 Å². The molecule has 0 atom stereocenters. The molecule has 0 saturated carbocycles. The number of anilines is 1. The monoisotopic (exact) mass is 400 g/mol. The number of aryl methyl sites for hydroxylation is 2. The molecule has 0 fully saturated rings. The van der Waals surface area contributed by atoms with Gasteiger partial charge in [0.1, 0.15) is 16.8 Å². The predicted molar refractivity (Wildman–Crippen MR) is 111 cm³/mol. The van der Waals surface area contributed by atoms with Crippen LogP contribution in [-0.4, -0.2) is 16.0 Å². The van der Waals surface area contributed by atoms with E-state index in [1.165, 1.54) is 16.2 Å². The summed E-state index contributed by atoms with van der Waals surface area (Å²) in [7, 11) is 0. The number of thiophene rings is 1. The van der Waals surface area contributed by atoms with Gasteiger partial charge in [-0.15, -0.1) is 11.3 Å². The number of carbonyl (C=O) groups excluding carboxylic acids is 1. The maximum atomic E-state index is 13.2. The topological polar surface area (TPSA) is 91.8 Å². The fourth-order valence-corrected chi connectivity index (χ4v) is 5.06. The van der Waals surface area contributed by atoms with E-state index in [1.54, 1.807) is 13.0 Å². The van der Waals surface area contributed by atoms with Crippen LogP contribution in [0.5, 0.6) is 0 Å². The summed E-state index contributed by atoms with van der Waals surface area (Å²) in [6.45, 7) is 1.81. The van der Waals surface area contributed by atoms with Gasteiger partial charge in [-0.2, -0.15) is 5.26 Å². The quantitative estimate of drug-likeness (QED) is 0.529. The van der Waals surface area contributed by atoms with E-state index in [2.05, 4.69) is 21.5 Å². The number of amides is 1. The van der Waals surface area contributed by atoms with E-state index in [-0.39, 0.29) is 5.91 Å². The van der Waals surface area contributed by atoms with E-state index in [9.17, 15) is 10.1 Å². The van der Waals surface area contributed by atoms with Gasteiger partial charge in [-0.25, -0.2) is 4.98 Å². The molecule has 1 N–H and O–H groups in total. The van der Waals surface area contributed by atoms with Gasteiger partial charge in [0.15, 0.2) is 0 Å². The van der Waals surface area contributed by atoms with Crippen molar-refractivity contribution in [2.75, 3.05) is 5.32 Å². The van der Waals surface area contributed by atoms with E-state index in [0.717, 1.165) is 30.4 Å². The zero-order valence-electron chi connectivity index (χ0n) is 15.7. The average molecular weight is 400 g/mol. The molecule has 7 heteroatoms. The number of pyridine rings is 1.